The maximum Gasteiger partial charge on any atom is 0.231 e. The van der Waals surface area contributed by atoms with Gasteiger partial charge in [-0.2, -0.15) is 0 Å². The van der Waals surface area contributed by atoms with E-state index in [4.69, 9.17) is 9.47 Å². The zero-order chi connectivity index (χ0) is 12.3. The highest BCUT2D eigenvalue weighted by Gasteiger charge is 2.15. The van der Waals surface area contributed by atoms with Crippen molar-refractivity contribution in [3.05, 3.63) is 23.8 Å². The van der Waals surface area contributed by atoms with E-state index in [2.05, 4.69) is 5.32 Å². The zero-order valence-electron chi connectivity index (χ0n) is 9.58. The van der Waals surface area contributed by atoms with Crippen molar-refractivity contribution in [1.29, 1.82) is 0 Å². The van der Waals surface area contributed by atoms with E-state index in [9.17, 15) is 8.78 Å². The van der Waals surface area contributed by atoms with Crippen LogP contribution in [-0.2, 0) is 6.42 Å². The van der Waals surface area contributed by atoms with Crippen LogP contribution in [0.1, 0.15) is 12.5 Å². The van der Waals surface area contributed by atoms with E-state index in [1.807, 2.05) is 25.1 Å². The van der Waals surface area contributed by atoms with Crippen LogP contribution in [-0.4, -0.2) is 25.8 Å². The van der Waals surface area contributed by atoms with Crippen molar-refractivity contribution in [1.82, 2.24) is 5.32 Å². The Bertz CT molecular complexity index is 387. The van der Waals surface area contributed by atoms with Crippen molar-refractivity contribution < 1.29 is 18.3 Å². The molecule has 2 unspecified atom stereocenters. The summed E-state index contributed by atoms with van der Waals surface area (Å²) in [5.74, 6) is 1.43. The zero-order valence-corrected chi connectivity index (χ0v) is 9.58. The van der Waals surface area contributed by atoms with E-state index in [1.165, 1.54) is 0 Å². The van der Waals surface area contributed by atoms with Crippen LogP contribution in [0, 0.1) is 0 Å². The molecule has 1 heterocycles. The third-order valence-corrected chi connectivity index (χ3v) is 2.58. The number of rotatable bonds is 5. The molecule has 1 aliphatic heterocycles. The summed E-state index contributed by atoms with van der Waals surface area (Å²) in [5.41, 5.74) is 1.00. The fourth-order valence-corrected chi connectivity index (χ4v) is 1.83. The van der Waals surface area contributed by atoms with Gasteiger partial charge in [0, 0.05) is 6.04 Å². The van der Waals surface area contributed by atoms with E-state index < -0.39 is 13.0 Å². The number of halogens is 2. The van der Waals surface area contributed by atoms with E-state index >= 15 is 0 Å². The topological polar surface area (TPSA) is 30.5 Å². The highest BCUT2D eigenvalue weighted by molar-refractivity contribution is 5.44. The molecular formula is C12H15F2NO2. The third-order valence-electron chi connectivity index (χ3n) is 2.58. The van der Waals surface area contributed by atoms with Crippen LogP contribution in [0.2, 0.25) is 0 Å². The smallest absolute Gasteiger partial charge is 0.231 e. The lowest BCUT2D eigenvalue weighted by Crippen LogP contribution is -2.36. The molecule has 0 aliphatic carbocycles. The molecule has 0 saturated heterocycles. The molecule has 0 spiro atoms. The van der Waals surface area contributed by atoms with Crippen LogP contribution < -0.4 is 14.8 Å². The molecule has 94 valence electrons. The number of hydrogen-bond acceptors (Lipinski definition) is 3. The van der Waals surface area contributed by atoms with Crippen molar-refractivity contribution in [2.75, 3.05) is 13.5 Å². The maximum atomic E-state index is 12.8. The highest BCUT2D eigenvalue weighted by Crippen LogP contribution is 2.32. The summed E-state index contributed by atoms with van der Waals surface area (Å²) in [7, 11) is 0. The molecule has 5 heteroatoms. The van der Waals surface area contributed by atoms with Gasteiger partial charge in [0.05, 0.1) is 0 Å². The lowest BCUT2D eigenvalue weighted by Gasteiger charge is -2.15. The molecular weight excluding hydrogens is 228 g/mol. The van der Waals surface area contributed by atoms with Gasteiger partial charge in [0.25, 0.3) is 0 Å². The largest absolute Gasteiger partial charge is 0.454 e. The van der Waals surface area contributed by atoms with Gasteiger partial charge in [-0.25, -0.2) is 8.78 Å². The Morgan fingerprint density at radius 1 is 1.35 bits per heavy atom. The number of nitrogens with one attached hydrogen (secondary N) is 1. The summed E-state index contributed by atoms with van der Waals surface area (Å²) in [5, 5.41) is 2.53. The molecule has 1 aromatic rings. The van der Waals surface area contributed by atoms with Crippen molar-refractivity contribution in [3.63, 3.8) is 0 Å². The highest BCUT2D eigenvalue weighted by atomic mass is 19.2. The minimum Gasteiger partial charge on any atom is -0.454 e. The average Bonchev–Trinajstić information content (AvgIpc) is 2.75. The van der Waals surface area contributed by atoms with Gasteiger partial charge in [0.2, 0.25) is 6.79 Å². The molecule has 0 bridgehead atoms. The Morgan fingerprint density at radius 2 is 2.12 bits per heavy atom. The first kappa shape index (κ1) is 12.1. The first-order chi connectivity index (χ1) is 8.19. The Morgan fingerprint density at radius 3 is 2.88 bits per heavy atom. The summed E-state index contributed by atoms with van der Waals surface area (Å²) in [6.07, 6.45) is -0.990. The molecule has 0 radical (unpaired) electrons. The number of ether oxygens (including phenoxy) is 2. The molecule has 1 aliphatic rings. The fraction of sp³-hybridized carbons (Fsp3) is 0.500. The van der Waals surface area contributed by atoms with Crippen LogP contribution in [0.5, 0.6) is 11.5 Å². The van der Waals surface area contributed by atoms with Crippen LogP contribution in [0.4, 0.5) is 8.78 Å². The van der Waals surface area contributed by atoms with Gasteiger partial charge >= 0.3 is 0 Å². The first-order valence-electron chi connectivity index (χ1n) is 5.53. The number of alkyl halides is 2. The molecule has 0 aromatic heterocycles. The predicted octanol–water partition coefficient (Wildman–Crippen LogP) is 2.20. The van der Waals surface area contributed by atoms with Gasteiger partial charge in [-0.05, 0) is 31.0 Å². The summed E-state index contributed by atoms with van der Waals surface area (Å²) in [4.78, 5) is 0. The first-order valence-corrected chi connectivity index (χ1v) is 5.53. The van der Waals surface area contributed by atoms with Crippen molar-refractivity contribution in [3.8, 4) is 11.5 Å². The second-order valence-electron chi connectivity index (χ2n) is 4.08. The number of fused-ring (bicyclic) bond motifs is 1. The van der Waals surface area contributed by atoms with Crippen LogP contribution in [0.25, 0.3) is 0 Å². The molecule has 2 atom stereocenters. The van der Waals surface area contributed by atoms with Gasteiger partial charge in [-0.1, -0.05) is 6.07 Å². The second-order valence-corrected chi connectivity index (χ2v) is 4.08. The Kier molecular flexibility index (Phi) is 3.78. The normalized spacial score (nSPS) is 16.9. The minimum atomic E-state index is -1.60. The molecule has 1 aromatic carbocycles. The Hall–Kier alpha value is -1.36. The van der Waals surface area contributed by atoms with Crippen LogP contribution >= 0.6 is 0 Å². The molecule has 17 heavy (non-hydrogen) atoms. The van der Waals surface area contributed by atoms with Gasteiger partial charge in [-0.15, -0.1) is 0 Å². The van der Waals surface area contributed by atoms with Gasteiger partial charge < -0.3 is 9.47 Å². The van der Waals surface area contributed by atoms with Crippen molar-refractivity contribution in [2.24, 2.45) is 0 Å². The quantitative estimate of drug-likeness (QED) is 0.804. The Labute approximate surface area is 98.7 Å². The number of benzene rings is 1. The summed E-state index contributed by atoms with van der Waals surface area (Å²) < 4.78 is 35.2. The van der Waals surface area contributed by atoms with Crippen molar-refractivity contribution >= 4 is 0 Å². The molecule has 0 saturated carbocycles. The van der Waals surface area contributed by atoms with E-state index in [1.54, 1.807) is 0 Å². The van der Waals surface area contributed by atoms with E-state index in [-0.39, 0.29) is 12.8 Å². The second kappa shape index (κ2) is 5.31. The van der Waals surface area contributed by atoms with E-state index in [0.717, 1.165) is 11.3 Å². The summed E-state index contributed by atoms with van der Waals surface area (Å²) in [6.45, 7) is 1.04. The summed E-state index contributed by atoms with van der Waals surface area (Å²) in [6, 6.07) is 5.45. The maximum absolute atomic E-state index is 12.8. The standard InChI is InChI=1S/C12H15F2NO2/c1-8(15-12(14)6-13)4-9-2-3-10-11(5-9)17-7-16-10/h2-3,5,8,12,15H,4,6-7H2,1H3. The monoisotopic (exact) mass is 243 g/mol. The van der Waals surface area contributed by atoms with Crippen LogP contribution in [0.3, 0.4) is 0 Å². The fourth-order valence-electron chi connectivity index (χ4n) is 1.83. The van der Waals surface area contributed by atoms with E-state index in [0.29, 0.717) is 12.2 Å². The lowest BCUT2D eigenvalue weighted by atomic mass is 10.1. The van der Waals surface area contributed by atoms with Gasteiger partial charge in [0.1, 0.15) is 6.67 Å². The molecule has 2 rings (SSSR count). The van der Waals surface area contributed by atoms with Crippen LogP contribution in [0.15, 0.2) is 18.2 Å². The summed E-state index contributed by atoms with van der Waals surface area (Å²) >= 11 is 0. The molecule has 0 fully saturated rings. The van der Waals surface area contributed by atoms with Gasteiger partial charge in [-0.3, -0.25) is 5.32 Å². The SMILES string of the molecule is CC(Cc1ccc2c(c1)OCO2)NC(F)CF. The van der Waals surface area contributed by atoms with Crippen molar-refractivity contribution in [2.45, 2.75) is 25.7 Å². The third kappa shape index (κ3) is 3.06. The minimum absolute atomic E-state index is 0.138. The molecule has 1 N–H and O–H groups in total. The Balaban J connectivity index is 1.94. The molecule has 0 amide bonds. The average molecular weight is 243 g/mol. The number of hydrogen-bond donors (Lipinski definition) is 1. The lowest BCUT2D eigenvalue weighted by molar-refractivity contribution is 0.174. The molecule has 3 nitrogen and oxygen atoms in total. The predicted molar refractivity (Wildman–Crippen MR) is 59.7 cm³/mol. The van der Waals surface area contributed by atoms with Gasteiger partial charge in [0.15, 0.2) is 17.8 Å².